The molecule has 0 saturated carbocycles. The Balaban J connectivity index is 1.60. The molecule has 2 N–H and O–H groups in total. The van der Waals surface area contributed by atoms with E-state index in [0.717, 1.165) is 20.9 Å². The van der Waals surface area contributed by atoms with Gasteiger partial charge in [-0.3, -0.25) is 0 Å². The van der Waals surface area contributed by atoms with Gasteiger partial charge in [0.25, 0.3) is 5.95 Å². The van der Waals surface area contributed by atoms with Gasteiger partial charge in [0.15, 0.2) is 10.3 Å². The number of hydrazone groups is 1. The Labute approximate surface area is 146 Å². The van der Waals surface area contributed by atoms with Crippen LogP contribution in [0.4, 0.5) is 5.95 Å². The molecule has 0 spiro atoms. The van der Waals surface area contributed by atoms with E-state index in [9.17, 15) is 0 Å². The standard InChI is InChI=1S/C14H8Br2N6O/c15-9-5-7(23-12(9)16)6-17-21-14-19-13-11(20-22-14)8-3-1-2-4-10(8)18-13/h1-6H,(H2,18,19,21,22)/b17-6+. The van der Waals surface area contributed by atoms with Gasteiger partial charge in [-0.2, -0.15) is 10.1 Å². The van der Waals surface area contributed by atoms with Crippen molar-refractivity contribution in [3.05, 3.63) is 45.2 Å². The minimum Gasteiger partial charge on any atom is -0.447 e. The Morgan fingerprint density at radius 3 is 2.91 bits per heavy atom. The van der Waals surface area contributed by atoms with E-state index in [1.54, 1.807) is 6.07 Å². The van der Waals surface area contributed by atoms with Gasteiger partial charge < -0.3 is 9.40 Å². The van der Waals surface area contributed by atoms with E-state index < -0.39 is 0 Å². The van der Waals surface area contributed by atoms with Crippen molar-refractivity contribution in [3.63, 3.8) is 0 Å². The second-order valence-corrected chi connectivity index (χ2v) is 6.22. The fourth-order valence-corrected chi connectivity index (χ4v) is 2.76. The summed E-state index contributed by atoms with van der Waals surface area (Å²) in [5.41, 5.74) is 5.09. The lowest BCUT2D eigenvalue weighted by atomic mass is 10.2. The Kier molecular flexibility index (Phi) is 3.58. The second kappa shape index (κ2) is 5.74. The summed E-state index contributed by atoms with van der Waals surface area (Å²) in [6, 6.07) is 9.63. The maximum Gasteiger partial charge on any atom is 0.265 e. The largest absolute Gasteiger partial charge is 0.447 e. The second-order valence-electron chi connectivity index (χ2n) is 4.64. The molecule has 9 heteroatoms. The van der Waals surface area contributed by atoms with Crippen molar-refractivity contribution >= 4 is 66.1 Å². The Morgan fingerprint density at radius 2 is 2.09 bits per heavy atom. The van der Waals surface area contributed by atoms with Gasteiger partial charge in [0, 0.05) is 17.0 Å². The number of hydrogen-bond acceptors (Lipinski definition) is 6. The lowest BCUT2D eigenvalue weighted by Gasteiger charge is -1.96. The fraction of sp³-hybridized carbons (Fsp3) is 0. The number of benzene rings is 1. The Hall–Kier alpha value is -2.26. The van der Waals surface area contributed by atoms with Crippen LogP contribution in [0.1, 0.15) is 5.76 Å². The third-order valence-corrected chi connectivity index (χ3v) is 4.85. The van der Waals surface area contributed by atoms with E-state index in [2.05, 4.69) is 62.6 Å². The van der Waals surface area contributed by atoms with Gasteiger partial charge in [0.1, 0.15) is 11.3 Å². The van der Waals surface area contributed by atoms with Crippen LogP contribution in [-0.2, 0) is 0 Å². The molecule has 23 heavy (non-hydrogen) atoms. The number of nitrogens with one attached hydrogen (secondary N) is 2. The van der Waals surface area contributed by atoms with Crippen LogP contribution in [-0.4, -0.2) is 26.4 Å². The molecule has 0 radical (unpaired) electrons. The molecule has 0 aliphatic carbocycles. The van der Waals surface area contributed by atoms with Gasteiger partial charge >= 0.3 is 0 Å². The summed E-state index contributed by atoms with van der Waals surface area (Å²) in [5.74, 6) is 0.876. The van der Waals surface area contributed by atoms with E-state index in [0.29, 0.717) is 22.0 Å². The SMILES string of the molecule is Brc1cc(/C=N/Nc2nnc3c(n2)[nH]c2ccccc23)oc1Br. The number of aromatic amines is 1. The third kappa shape index (κ3) is 2.73. The summed E-state index contributed by atoms with van der Waals surface area (Å²) in [6.45, 7) is 0. The molecular weight excluding hydrogens is 428 g/mol. The van der Waals surface area contributed by atoms with E-state index in [1.807, 2.05) is 24.3 Å². The van der Waals surface area contributed by atoms with Gasteiger partial charge in [0.05, 0.1) is 10.7 Å². The van der Waals surface area contributed by atoms with Crippen LogP contribution >= 0.6 is 31.9 Å². The van der Waals surface area contributed by atoms with E-state index >= 15 is 0 Å². The number of anilines is 1. The van der Waals surface area contributed by atoms with Crippen LogP contribution in [0.2, 0.25) is 0 Å². The van der Waals surface area contributed by atoms with Crippen LogP contribution < -0.4 is 5.43 Å². The highest BCUT2D eigenvalue weighted by molar-refractivity contribution is 9.13. The summed E-state index contributed by atoms with van der Waals surface area (Å²) in [4.78, 5) is 7.56. The van der Waals surface area contributed by atoms with Gasteiger partial charge in [-0.25, -0.2) is 5.43 Å². The molecule has 3 heterocycles. The average molecular weight is 436 g/mol. The fourth-order valence-electron chi connectivity index (χ4n) is 2.15. The van der Waals surface area contributed by atoms with Gasteiger partial charge in [-0.15, -0.1) is 10.2 Å². The predicted octanol–water partition coefficient (Wildman–Crippen LogP) is 4.07. The van der Waals surface area contributed by atoms with E-state index in [-0.39, 0.29) is 0 Å². The number of nitrogens with zero attached hydrogens (tertiary/aromatic N) is 4. The summed E-state index contributed by atoms with van der Waals surface area (Å²) in [5, 5.41) is 13.2. The van der Waals surface area contributed by atoms with Crippen molar-refractivity contribution in [2.75, 3.05) is 5.43 Å². The van der Waals surface area contributed by atoms with E-state index in [1.165, 1.54) is 6.21 Å². The first-order valence-corrected chi connectivity index (χ1v) is 8.14. The van der Waals surface area contributed by atoms with Crippen LogP contribution in [0.25, 0.3) is 22.1 Å². The number of aromatic nitrogens is 4. The number of fused-ring (bicyclic) bond motifs is 3. The zero-order chi connectivity index (χ0) is 15.8. The molecule has 0 saturated heterocycles. The molecule has 3 aromatic heterocycles. The van der Waals surface area contributed by atoms with Crippen LogP contribution in [0.15, 0.2) is 49.0 Å². The number of rotatable bonds is 3. The smallest absolute Gasteiger partial charge is 0.265 e. The number of furan rings is 1. The molecule has 114 valence electrons. The Morgan fingerprint density at radius 1 is 1.22 bits per heavy atom. The third-order valence-electron chi connectivity index (χ3n) is 3.14. The molecule has 0 bridgehead atoms. The first kappa shape index (κ1) is 14.3. The quantitative estimate of drug-likeness (QED) is 0.373. The van der Waals surface area contributed by atoms with E-state index in [4.69, 9.17) is 4.42 Å². The van der Waals surface area contributed by atoms with Gasteiger partial charge in [-0.1, -0.05) is 18.2 Å². The zero-order valence-corrected chi connectivity index (χ0v) is 14.6. The molecule has 0 atom stereocenters. The maximum atomic E-state index is 5.38. The zero-order valence-electron chi connectivity index (χ0n) is 11.4. The number of hydrogen-bond donors (Lipinski definition) is 2. The minimum absolute atomic E-state index is 0.296. The lowest BCUT2D eigenvalue weighted by Crippen LogP contribution is -1.98. The number of halogens is 2. The summed E-state index contributed by atoms with van der Waals surface area (Å²) in [6.07, 6.45) is 1.52. The van der Waals surface area contributed by atoms with Crippen molar-refractivity contribution < 1.29 is 4.42 Å². The molecule has 4 rings (SSSR count). The van der Waals surface area contributed by atoms with Crippen molar-refractivity contribution in [2.45, 2.75) is 0 Å². The molecule has 0 aliphatic rings. The molecule has 0 aliphatic heterocycles. The number of H-pyrrole nitrogens is 1. The number of para-hydroxylation sites is 1. The normalized spacial score (nSPS) is 11.7. The van der Waals surface area contributed by atoms with Crippen molar-refractivity contribution in [1.29, 1.82) is 0 Å². The highest BCUT2D eigenvalue weighted by atomic mass is 79.9. The van der Waals surface area contributed by atoms with Crippen LogP contribution in [0.3, 0.4) is 0 Å². The van der Waals surface area contributed by atoms with Crippen molar-refractivity contribution in [3.8, 4) is 0 Å². The average Bonchev–Trinajstić information content (AvgIpc) is 3.07. The first-order valence-electron chi connectivity index (χ1n) is 6.56. The molecule has 0 unspecified atom stereocenters. The predicted molar refractivity (Wildman–Crippen MR) is 94.5 cm³/mol. The Bertz CT molecular complexity index is 1020. The van der Waals surface area contributed by atoms with Crippen LogP contribution in [0, 0.1) is 0 Å². The summed E-state index contributed by atoms with van der Waals surface area (Å²) < 4.78 is 6.80. The highest BCUT2D eigenvalue weighted by Crippen LogP contribution is 2.26. The maximum absolute atomic E-state index is 5.38. The molecule has 4 aromatic rings. The lowest BCUT2D eigenvalue weighted by molar-refractivity contribution is 0.533. The first-order chi connectivity index (χ1) is 11.2. The minimum atomic E-state index is 0.296. The van der Waals surface area contributed by atoms with Crippen molar-refractivity contribution in [1.82, 2.24) is 20.2 Å². The summed E-state index contributed by atoms with van der Waals surface area (Å²) >= 11 is 6.60. The van der Waals surface area contributed by atoms with Gasteiger partial charge in [0.2, 0.25) is 0 Å². The topological polar surface area (TPSA) is 92.0 Å². The molecular formula is C14H8Br2N6O. The highest BCUT2D eigenvalue weighted by Gasteiger charge is 2.08. The summed E-state index contributed by atoms with van der Waals surface area (Å²) in [7, 11) is 0. The molecule has 0 amide bonds. The molecule has 7 nitrogen and oxygen atoms in total. The van der Waals surface area contributed by atoms with Crippen molar-refractivity contribution in [2.24, 2.45) is 5.10 Å². The molecule has 1 aromatic carbocycles. The van der Waals surface area contributed by atoms with Gasteiger partial charge in [-0.05, 0) is 37.9 Å². The monoisotopic (exact) mass is 434 g/mol. The molecule has 0 fully saturated rings. The van der Waals surface area contributed by atoms with Crippen LogP contribution in [0.5, 0.6) is 0 Å².